The van der Waals surface area contributed by atoms with Gasteiger partial charge in [0, 0.05) is 12.8 Å². The van der Waals surface area contributed by atoms with Gasteiger partial charge < -0.3 is 20.3 Å². The zero-order chi connectivity index (χ0) is 47.9. The van der Waals surface area contributed by atoms with Gasteiger partial charge in [-0.3, -0.25) is 9.59 Å². The molecule has 0 aliphatic heterocycles. The number of nitrogens with one attached hydrogen (secondary N) is 1. The van der Waals surface area contributed by atoms with E-state index >= 15 is 0 Å². The Morgan fingerprint density at radius 1 is 0.409 bits per heavy atom. The molecule has 0 aromatic heterocycles. The van der Waals surface area contributed by atoms with Gasteiger partial charge in [0.05, 0.1) is 25.4 Å². The summed E-state index contributed by atoms with van der Waals surface area (Å²) in [6, 6.07) is -0.638. The highest BCUT2D eigenvalue weighted by Crippen LogP contribution is 2.17. The molecule has 6 nitrogen and oxygen atoms in total. The lowest BCUT2D eigenvalue weighted by Gasteiger charge is -2.20. The zero-order valence-electron chi connectivity index (χ0n) is 44.4. The quantitative estimate of drug-likeness (QED) is 0.0321. The summed E-state index contributed by atoms with van der Waals surface area (Å²) in [6.07, 6.45) is 67.7. The predicted octanol–water partition coefficient (Wildman–Crippen LogP) is 18.2. The fourth-order valence-electron chi connectivity index (χ4n) is 9.16. The van der Waals surface area contributed by atoms with Crippen LogP contribution in [0, 0.1) is 0 Å². The zero-order valence-corrected chi connectivity index (χ0v) is 44.4. The molecule has 0 spiro atoms. The van der Waals surface area contributed by atoms with E-state index in [1.54, 1.807) is 6.08 Å². The first kappa shape index (κ1) is 64.3. The summed E-state index contributed by atoms with van der Waals surface area (Å²) in [5.41, 5.74) is 0. The van der Waals surface area contributed by atoms with Gasteiger partial charge in [-0.25, -0.2) is 0 Å². The van der Waals surface area contributed by atoms with E-state index in [0.717, 1.165) is 57.8 Å². The second kappa shape index (κ2) is 55.9. The highest BCUT2D eigenvalue weighted by atomic mass is 16.5. The van der Waals surface area contributed by atoms with Crippen LogP contribution in [0.2, 0.25) is 0 Å². The lowest BCUT2D eigenvalue weighted by molar-refractivity contribution is -0.143. The highest BCUT2D eigenvalue weighted by Gasteiger charge is 2.18. The van der Waals surface area contributed by atoms with E-state index in [2.05, 4.69) is 31.3 Å². The molecule has 6 heteroatoms. The number of aliphatic hydroxyl groups is 2. The van der Waals surface area contributed by atoms with E-state index in [1.807, 2.05) is 6.08 Å². The Hall–Kier alpha value is -1.66. The Morgan fingerprint density at radius 2 is 0.712 bits per heavy atom. The summed E-state index contributed by atoms with van der Waals surface area (Å²) in [5.74, 6) is -0.0879. The molecule has 0 aliphatic carbocycles. The maximum absolute atomic E-state index is 12.5. The van der Waals surface area contributed by atoms with Crippen LogP contribution in [0.25, 0.3) is 0 Å². The number of carbonyl (C=O) groups is 2. The van der Waals surface area contributed by atoms with Crippen molar-refractivity contribution in [2.45, 2.75) is 334 Å². The van der Waals surface area contributed by atoms with E-state index in [9.17, 15) is 19.8 Å². The first-order valence-corrected chi connectivity index (χ1v) is 29.6. The molecule has 0 aromatic rings. The molecule has 0 aliphatic rings. The standard InChI is InChI=1S/C60H115NO5/c1-3-5-7-9-11-13-15-17-19-21-23-25-28-32-36-40-44-48-52-58(63)57(56-62)61-59(64)53-49-45-41-37-33-29-27-31-35-39-43-47-51-55-66-60(65)54-50-46-42-38-34-30-26-24-22-20-18-16-14-12-10-8-6-4-2/h20,22,48,52,57-58,62-63H,3-19,21,23-47,49-51,53-56H2,1-2H3,(H,61,64)/b22-20-,52-48+. The summed E-state index contributed by atoms with van der Waals surface area (Å²) in [6.45, 7) is 4.89. The van der Waals surface area contributed by atoms with Crippen molar-refractivity contribution in [1.29, 1.82) is 0 Å². The first-order chi connectivity index (χ1) is 32.5. The SMILES string of the molecule is CCCCCCCCC/C=C\CCCCCCCCCC(=O)OCCCCCCCCCCCCCCCC(=O)NC(CO)C(O)/C=C/CCCCCCCCCCCCCCCCCC. The van der Waals surface area contributed by atoms with Crippen molar-refractivity contribution in [2.75, 3.05) is 13.2 Å². The molecule has 2 unspecified atom stereocenters. The van der Waals surface area contributed by atoms with Crippen LogP contribution in [-0.4, -0.2) is 47.4 Å². The van der Waals surface area contributed by atoms with Crippen LogP contribution >= 0.6 is 0 Å². The van der Waals surface area contributed by atoms with Gasteiger partial charge in [0.25, 0.3) is 0 Å². The van der Waals surface area contributed by atoms with Gasteiger partial charge >= 0.3 is 5.97 Å². The van der Waals surface area contributed by atoms with Crippen LogP contribution in [0.15, 0.2) is 24.3 Å². The number of allylic oxidation sites excluding steroid dienone is 3. The average Bonchev–Trinajstić information content (AvgIpc) is 3.32. The lowest BCUT2D eigenvalue weighted by Crippen LogP contribution is -2.45. The number of ether oxygens (including phenoxy) is 1. The van der Waals surface area contributed by atoms with Gasteiger partial charge in [0.1, 0.15) is 0 Å². The van der Waals surface area contributed by atoms with Crippen molar-refractivity contribution in [1.82, 2.24) is 5.32 Å². The molecule has 0 fully saturated rings. The maximum Gasteiger partial charge on any atom is 0.305 e. The van der Waals surface area contributed by atoms with Gasteiger partial charge in [-0.15, -0.1) is 0 Å². The van der Waals surface area contributed by atoms with Crippen LogP contribution in [0.3, 0.4) is 0 Å². The van der Waals surface area contributed by atoms with Crippen molar-refractivity contribution in [2.24, 2.45) is 0 Å². The number of amides is 1. The monoisotopic (exact) mass is 930 g/mol. The van der Waals surface area contributed by atoms with E-state index in [0.29, 0.717) is 19.4 Å². The molecule has 0 heterocycles. The molecule has 0 saturated carbocycles. The minimum Gasteiger partial charge on any atom is -0.466 e. The van der Waals surface area contributed by atoms with Crippen LogP contribution in [0.5, 0.6) is 0 Å². The summed E-state index contributed by atoms with van der Waals surface area (Å²) in [4.78, 5) is 24.6. The fourth-order valence-corrected chi connectivity index (χ4v) is 9.16. The minimum atomic E-state index is -0.853. The summed E-state index contributed by atoms with van der Waals surface area (Å²) >= 11 is 0. The van der Waals surface area contributed by atoms with E-state index < -0.39 is 12.1 Å². The maximum atomic E-state index is 12.5. The van der Waals surface area contributed by atoms with Crippen LogP contribution in [0.4, 0.5) is 0 Å². The predicted molar refractivity (Wildman–Crippen MR) is 287 cm³/mol. The third-order valence-electron chi connectivity index (χ3n) is 13.7. The van der Waals surface area contributed by atoms with Gasteiger partial charge in [0.15, 0.2) is 0 Å². The van der Waals surface area contributed by atoms with Crippen molar-refractivity contribution in [3.8, 4) is 0 Å². The summed E-state index contributed by atoms with van der Waals surface area (Å²) < 4.78 is 5.48. The minimum absolute atomic E-state index is 0.00926. The number of carbonyl (C=O) groups excluding carboxylic acids is 2. The fraction of sp³-hybridized carbons (Fsp3) is 0.900. The van der Waals surface area contributed by atoms with Gasteiger partial charge in [-0.1, -0.05) is 276 Å². The number of unbranched alkanes of at least 4 members (excludes halogenated alkanes) is 42. The van der Waals surface area contributed by atoms with Crippen LogP contribution in [-0.2, 0) is 14.3 Å². The number of rotatable bonds is 55. The van der Waals surface area contributed by atoms with Crippen molar-refractivity contribution < 1.29 is 24.5 Å². The van der Waals surface area contributed by atoms with Gasteiger partial charge in [0.2, 0.25) is 5.91 Å². The third kappa shape index (κ3) is 51.7. The number of hydrogen-bond acceptors (Lipinski definition) is 5. The Labute approximate surface area is 411 Å². The van der Waals surface area contributed by atoms with Crippen molar-refractivity contribution in [3.63, 3.8) is 0 Å². The highest BCUT2D eigenvalue weighted by molar-refractivity contribution is 5.76. The molecule has 390 valence electrons. The molecule has 1 amide bonds. The van der Waals surface area contributed by atoms with Gasteiger partial charge in [-0.05, 0) is 57.8 Å². The first-order valence-electron chi connectivity index (χ1n) is 29.6. The smallest absolute Gasteiger partial charge is 0.305 e. The second-order valence-electron chi connectivity index (χ2n) is 20.3. The van der Waals surface area contributed by atoms with E-state index in [4.69, 9.17) is 4.74 Å². The number of hydrogen-bond donors (Lipinski definition) is 3. The Bertz CT molecular complexity index is 1030. The normalized spacial score (nSPS) is 12.7. The lowest BCUT2D eigenvalue weighted by atomic mass is 10.0. The van der Waals surface area contributed by atoms with Crippen molar-refractivity contribution in [3.05, 3.63) is 24.3 Å². The molecule has 0 aromatic carbocycles. The molecular weight excluding hydrogens is 815 g/mol. The number of esters is 1. The van der Waals surface area contributed by atoms with E-state index in [-0.39, 0.29) is 18.5 Å². The molecule has 0 radical (unpaired) electrons. The topological polar surface area (TPSA) is 95.9 Å². The Balaban J connectivity index is 3.47. The molecule has 0 rings (SSSR count). The molecule has 0 saturated heterocycles. The number of aliphatic hydroxyl groups excluding tert-OH is 2. The summed E-state index contributed by atoms with van der Waals surface area (Å²) in [5, 5.41) is 23.1. The molecule has 3 N–H and O–H groups in total. The third-order valence-corrected chi connectivity index (χ3v) is 13.7. The van der Waals surface area contributed by atoms with Gasteiger partial charge in [-0.2, -0.15) is 0 Å². The Morgan fingerprint density at radius 3 is 1.08 bits per heavy atom. The van der Waals surface area contributed by atoms with Crippen molar-refractivity contribution >= 4 is 11.9 Å². The molecular formula is C60H115NO5. The largest absolute Gasteiger partial charge is 0.466 e. The van der Waals surface area contributed by atoms with E-state index in [1.165, 1.54) is 238 Å². The average molecular weight is 931 g/mol. The Kier molecular flexibility index (Phi) is 54.5. The molecule has 0 bridgehead atoms. The van der Waals surface area contributed by atoms with Crippen LogP contribution in [0.1, 0.15) is 322 Å². The second-order valence-corrected chi connectivity index (χ2v) is 20.3. The van der Waals surface area contributed by atoms with Crippen LogP contribution < -0.4 is 5.32 Å². The molecule has 2 atom stereocenters. The summed E-state index contributed by atoms with van der Waals surface area (Å²) in [7, 11) is 0. The molecule has 66 heavy (non-hydrogen) atoms.